The number of rotatable bonds is 4. The number of Topliss-reactive ketones (excluding diaryl/α,β-unsaturated/α-hetero) is 1. The molecular formula is C13H18O3S. The van der Waals surface area contributed by atoms with Crippen molar-refractivity contribution in [3.8, 4) is 0 Å². The molecule has 4 heteroatoms. The van der Waals surface area contributed by atoms with Crippen LogP contribution >= 0.6 is 0 Å². The highest BCUT2D eigenvalue weighted by Crippen LogP contribution is 2.15. The highest BCUT2D eigenvalue weighted by molar-refractivity contribution is 7.92. The van der Waals surface area contributed by atoms with Crippen molar-refractivity contribution >= 4 is 15.6 Å². The van der Waals surface area contributed by atoms with Crippen LogP contribution in [0.3, 0.4) is 0 Å². The molecule has 0 amide bonds. The summed E-state index contributed by atoms with van der Waals surface area (Å²) < 4.78 is 23.3. The Kier molecular flexibility index (Phi) is 4.09. The first-order chi connectivity index (χ1) is 7.79. The smallest absolute Gasteiger partial charge is 0.180 e. The zero-order chi connectivity index (χ0) is 13.2. The lowest BCUT2D eigenvalue weighted by atomic mass is 10.0. The lowest BCUT2D eigenvalue weighted by molar-refractivity contribution is 0.0991. The summed E-state index contributed by atoms with van der Waals surface area (Å²) in [6.45, 7) is 6.87. The molecule has 0 aliphatic carbocycles. The second kappa shape index (κ2) is 5.00. The number of aryl methyl sites for hydroxylation is 2. The summed E-state index contributed by atoms with van der Waals surface area (Å²) in [4.78, 5) is 12.0. The molecule has 0 fully saturated rings. The molecule has 0 saturated carbocycles. The van der Waals surface area contributed by atoms with Gasteiger partial charge in [0.2, 0.25) is 0 Å². The number of carbonyl (C=O) groups excluding carboxylic acids is 1. The number of carbonyl (C=O) groups is 1. The Hall–Kier alpha value is -1.16. The summed E-state index contributed by atoms with van der Waals surface area (Å²) in [7, 11) is -3.32. The van der Waals surface area contributed by atoms with Crippen LogP contribution in [0.25, 0.3) is 0 Å². The van der Waals surface area contributed by atoms with Crippen LogP contribution in [0.5, 0.6) is 0 Å². The van der Waals surface area contributed by atoms with Crippen molar-refractivity contribution in [3.63, 3.8) is 0 Å². The Morgan fingerprint density at radius 1 is 1.24 bits per heavy atom. The Balaban J connectivity index is 3.09. The number of ketones is 1. The lowest BCUT2D eigenvalue weighted by Gasteiger charge is -2.11. The molecule has 0 radical (unpaired) electrons. The maximum atomic E-state index is 12.0. The fraction of sp³-hybridized carbons (Fsp3) is 0.462. The van der Waals surface area contributed by atoms with Gasteiger partial charge >= 0.3 is 0 Å². The zero-order valence-corrected chi connectivity index (χ0v) is 11.5. The number of hydrogen-bond donors (Lipinski definition) is 0. The van der Waals surface area contributed by atoms with E-state index in [4.69, 9.17) is 0 Å². The molecule has 1 rings (SSSR count). The minimum atomic E-state index is -3.32. The van der Waals surface area contributed by atoms with E-state index in [0.717, 1.165) is 11.1 Å². The molecule has 3 nitrogen and oxygen atoms in total. The van der Waals surface area contributed by atoms with E-state index in [1.165, 1.54) is 6.92 Å². The van der Waals surface area contributed by atoms with Gasteiger partial charge in [0.1, 0.15) is 5.25 Å². The van der Waals surface area contributed by atoms with E-state index >= 15 is 0 Å². The number of benzene rings is 1. The first-order valence-corrected chi connectivity index (χ1v) is 7.34. The zero-order valence-electron chi connectivity index (χ0n) is 10.6. The molecule has 0 spiro atoms. The first-order valence-electron chi connectivity index (χ1n) is 5.62. The van der Waals surface area contributed by atoms with Gasteiger partial charge in [-0.3, -0.25) is 4.79 Å². The Bertz CT molecular complexity index is 530. The van der Waals surface area contributed by atoms with Gasteiger partial charge in [0, 0.05) is 11.3 Å². The maximum Gasteiger partial charge on any atom is 0.180 e. The predicted octanol–water partition coefficient (Wildman–Crippen LogP) is 2.31. The van der Waals surface area contributed by atoms with Gasteiger partial charge in [-0.25, -0.2) is 8.42 Å². The maximum absolute atomic E-state index is 12.0. The van der Waals surface area contributed by atoms with E-state index in [0.29, 0.717) is 5.56 Å². The van der Waals surface area contributed by atoms with Gasteiger partial charge in [-0.2, -0.15) is 0 Å². The lowest BCUT2D eigenvalue weighted by Crippen LogP contribution is -2.28. The van der Waals surface area contributed by atoms with E-state index in [2.05, 4.69) is 0 Å². The Morgan fingerprint density at radius 2 is 1.82 bits per heavy atom. The molecular weight excluding hydrogens is 236 g/mol. The van der Waals surface area contributed by atoms with Crippen molar-refractivity contribution in [1.29, 1.82) is 0 Å². The average Bonchev–Trinajstić information content (AvgIpc) is 2.30. The van der Waals surface area contributed by atoms with E-state index in [9.17, 15) is 13.2 Å². The van der Waals surface area contributed by atoms with E-state index < -0.39 is 15.1 Å². The molecule has 94 valence electrons. The van der Waals surface area contributed by atoms with Gasteiger partial charge in [-0.05, 0) is 38.0 Å². The van der Waals surface area contributed by atoms with Gasteiger partial charge in [0.05, 0.1) is 0 Å². The molecule has 0 aliphatic rings. The highest BCUT2D eigenvalue weighted by atomic mass is 32.2. The van der Waals surface area contributed by atoms with Gasteiger partial charge in [0.25, 0.3) is 0 Å². The van der Waals surface area contributed by atoms with E-state index in [-0.39, 0.29) is 11.5 Å². The first kappa shape index (κ1) is 13.9. The number of hydrogen-bond acceptors (Lipinski definition) is 3. The monoisotopic (exact) mass is 254 g/mol. The van der Waals surface area contributed by atoms with Crippen LogP contribution in [0.4, 0.5) is 0 Å². The molecule has 1 aromatic rings. The van der Waals surface area contributed by atoms with Crippen LogP contribution in [0.1, 0.15) is 35.3 Å². The number of sulfone groups is 1. The summed E-state index contributed by atoms with van der Waals surface area (Å²) in [5.74, 6) is -0.333. The SMILES string of the molecule is CCS(=O)(=O)C(C)C(=O)c1ccc(C)c(C)c1. The third-order valence-corrected chi connectivity index (χ3v) is 5.20. The van der Waals surface area contributed by atoms with Crippen LogP contribution in [0.2, 0.25) is 0 Å². The average molecular weight is 254 g/mol. The molecule has 1 aromatic carbocycles. The highest BCUT2D eigenvalue weighted by Gasteiger charge is 2.27. The molecule has 0 heterocycles. The largest absolute Gasteiger partial charge is 0.293 e. The fourth-order valence-electron chi connectivity index (χ4n) is 1.54. The van der Waals surface area contributed by atoms with Crippen LogP contribution in [-0.4, -0.2) is 25.2 Å². The molecule has 0 aromatic heterocycles. The van der Waals surface area contributed by atoms with Gasteiger partial charge in [-0.1, -0.05) is 19.1 Å². The molecule has 0 bridgehead atoms. The molecule has 17 heavy (non-hydrogen) atoms. The summed E-state index contributed by atoms with van der Waals surface area (Å²) in [5, 5.41) is -0.963. The Morgan fingerprint density at radius 3 is 2.29 bits per heavy atom. The summed E-state index contributed by atoms with van der Waals surface area (Å²) >= 11 is 0. The minimum absolute atomic E-state index is 0.00918. The molecule has 1 atom stereocenters. The van der Waals surface area contributed by atoms with Crippen molar-refractivity contribution in [2.45, 2.75) is 32.9 Å². The topological polar surface area (TPSA) is 51.2 Å². The fourth-order valence-corrected chi connectivity index (χ4v) is 2.50. The molecule has 0 aliphatic heterocycles. The van der Waals surface area contributed by atoms with Crippen LogP contribution < -0.4 is 0 Å². The predicted molar refractivity (Wildman–Crippen MR) is 69.2 cm³/mol. The summed E-state index contributed by atoms with van der Waals surface area (Å²) in [5.41, 5.74) is 2.56. The van der Waals surface area contributed by atoms with Crippen molar-refractivity contribution in [2.75, 3.05) is 5.75 Å². The minimum Gasteiger partial charge on any atom is -0.293 e. The van der Waals surface area contributed by atoms with Crippen LogP contribution in [0, 0.1) is 13.8 Å². The van der Waals surface area contributed by atoms with Crippen molar-refractivity contribution in [1.82, 2.24) is 0 Å². The van der Waals surface area contributed by atoms with Crippen molar-refractivity contribution in [3.05, 3.63) is 34.9 Å². The van der Waals surface area contributed by atoms with Crippen LogP contribution in [0.15, 0.2) is 18.2 Å². The van der Waals surface area contributed by atoms with E-state index in [1.54, 1.807) is 19.1 Å². The van der Waals surface area contributed by atoms with Gasteiger partial charge < -0.3 is 0 Å². The standard InChI is InChI=1S/C13H18O3S/c1-5-17(15,16)11(4)13(14)12-7-6-9(2)10(3)8-12/h6-8,11H,5H2,1-4H3. The van der Waals surface area contributed by atoms with Gasteiger partial charge in [-0.15, -0.1) is 0 Å². The quantitative estimate of drug-likeness (QED) is 0.775. The summed E-state index contributed by atoms with van der Waals surface area (Å²) in [6, 6.07) is 5.28. The second-order valence-electron chi connectivity index (χ2n) is 4.26. The third-order valence-electron chi connectivity index (χ3n) is 3.10. The normalized spacial score (nSPS) is 13.4. The second-order valence-corrected chi connectivity index (χ2v) is 6.87. The van der Waals surface area contributed by atoms with Crippen LogP contribution in [-0.2, 0) is 9.84 Å². The van der Waals surface area contributed by atoms with Gasteiger partial charge in [0.15, 0.2) is 15.6 Å². The van der Waals surface area contributed by atoms with Crippen molar-refractivity contribution in [2.24, 2.45) is 0 Å². The summed E-state index contributed by atoms with van der Waals surface area (Å²) in [6.07, 6.45) is 0. The molecule has 0 saturated heterocycles. The molecule has 0 N–H and O–H groups in total. The van der Waals surface area contributed by atoms with E-state index in [1.807, 2.05) is 19.9 Å². The molecule has 1 unspecified atom stereocenters. The third kappa shape index (κ3) is 2.94. The van der Waals surface area contributed by atoms with Crippen molar-refractivity contribution < 1.29 is 13.2 Å². The Labute approximate surface area is 103 Å².